The van der Waals surface area contributed by atoms with E-state index in [1.807, 2.05) is 6.07 Å². The second kappa shape index (κ2) is 9.47. The van der Waals surface area contributed by atoms with E-state index in [1.54, 1.807) is 0 Å². The number of hydrogen-bond acceptors (Lipinski definition) is 4. The predicted molar refractivity (Wildman–Crippen MR) is 109 cm³/mol. The molecule has 1 fully saturated rings. The lowest BCUT2D eigenvalue weighted by Crippen LogP contribution is -2.39. The Balaban J connectivity index is 0.00000225. The smallest absolute Gasteiger partial charge is 0.231 e. The van der Waals surface area contributed by atoms with E-state index in [-0.39, 0.29) is 29.4 Å². The van der Waals surface area contributed by atoms with E-state index >= 15 is 0 Å². The molecule has 7 heteroatoms. The van der Waals surface area contributed by atoms with Crippen LogP contribution in [0.2, 0.25) is 0 Å². The lowest BCUT2D eigenvalue weighted by molar-refractivity contribution is 0.0530. The van der Waals surface area contributed by atoms with Crippen molar-refractivity contribution in [3.63, 3.8) is 0 Å². The summed E-state index contributed by atoms with van der Waals surface area (Å²) in [4.78, 5) is 4.62. The standard InChI is InChI=1S/C18H27N3O3.HI/c1-2-3-8-20-17(19)21-12-18(6-9-22-10-7-18)14-4-5-15-16(11-14)24-13-23-15;/h4-5,11H,2-3,6-10,12-13H2,1H3,(H3,19,20,21);1H. The summed E-state index contributed by atoms with van der Waals surface area (Å²) >= 11 is 0. The molecule has 0 unspecified atom stereocenters. The van der Waals surface area contributed by atoms with Gasteiger partial charge in [0.15, 0.2) is 17.5 Å². The highest BCUT2D eigenvalue weighted by Gasteiger charge is 2.35. The van der Waals surface area contributed by atoms with Gasteiger partial charge in [-0.3, -0.25) is 4.99 Å². The molecular weight excluding hydrogens is 433 g/mol. The normalized spacial score (nSPS) is 18.5. The second-order valence-electron chi connectivity index (χ2n) is 6.44. The summed E-state index contributed by atoms with van der Waals surface area (Å²) in [6, 6.07) is 6.19. The first-order valence-corrected chi connectivity index (χ1v) is 8.75. The fraction of sp³-hybridized carbons (Fsp3) is 0.611. The highest BCUT2D eigenvalue weighted by atomic mass is 127. The summed E-state index contributed by atoms with van der Waals surface area (Å²) in [6.07, 6.45) is 4.09. The molecule has 0 saturated carbocycles. The van der Waals surface area contributed by atoms with Crippen LogP contribution < -0.4 is 20.5 Å². The molecule has 1 aromatic carbocycles. The Morgan fingerprint density at radius 2 is 2.00 bits per heavy atom. The predicted octanol–water partition coefficient (Wildman–Crippen LogP) is 2.79. The number of ether oxygens (including phenoxy) is 3. The Kier molecular flexibility index (Phi) is 7.61. The van der Waals surface area contributed by atoms with Crippen molar-refractivity contribution >= 4 is 29.9 Å². The number of aliphatic imine (C=N–C) groups is 1. The van der Waals surface area contributed by atoms with E-state index in [1.165, 1.54) is 5.56 Å². The van der Waals surface area contributed by atoms with Crippen molar-refractivity contribution in [3.8, 4) is 11.5 Å². The fourth-order valence-corrected chi connectivity index (χ4v) is 3.21. The monoisotopic (exact) mass is 461 g/mol. The van der Waals surface area contributed by atoms with Crippen molar-refractivity contribution in [1.82, 2.24) is 5.32 Å². The van der Waals surface area contributed by atoms with Gasteiger partial charge in [0.1, 0.15) is 0 Å². The van der Waals surface area contributed by atoms with Crippen LogP contribution >= 0.6 is 24.0 Å². The molecule has 2 aliphatic rings. The maximum absolute atomic E-state index is 6.02. The summed E-state index contributed by atoms with van der Waals surface area (Å²) in [7, 11) is 0. The quantitative estimate of drug-likeness (QED) is 0.295. The Bertz CT molecular complexity index is 589. The van der Waals surface area contributed by atoms with E-state index in [2.05, 4.69) is 29.4 Å². The minimum absolute atomic E-state index is 0. The number of hydrogen-bond donors (Lipinski definition) is 2. The molecule has 2 heterocycles. The first-order chi connectivity index (χ1) is 11.7. The van der Waals surface area contributed by atoms with Gasteiger partial charge >= 0.3 is 0 Å². The number of nitrogens with two attached hydrogens (primary N) is 1. The SMILES string of the molecule is CCCCNC(N)=NCC1(c2ccc3c(c2)OCO3)CCOCC1.I. The van der Waals surface area contributed by atoms with Crippen LogP contribution in [0.4, 0.5) is 0 Å². The maximum Gasteiger partial charge on any atom is 0.231 e. The van der Waals surface area contributed by atoms with Crippen LogP contribution in [0.25, 0.3) is 0 Å². The molecule has 3 rings (SSSR count). The molecule has 0 bridgehead atoms. The Morgan fingerprint density at radius 3 is 2.76 bits per heavy atom. The number of unbranched alkanes of at least 4 members (excludes halogenated alkanes) is 1. The second-order valence-corrected chi connectivity index (χ2v) is 6.44. The van der Waals surface area contributed by atoms with E-state index in [0.717, 1.165) is 56.9 Å². The summed E-state index contributed by atoms with van der Waals surface area (Å²) in [5, 5.41) is 3.19. The molecule has 140 valence electrons. The van der Waals surface area contributed by atoms with Gasteiger partial charge in [0.05, 0.1) is 6.54 Å². The molecule has 1 aromatic rings. The van der Waals surface area contributed by atoms with E-state index in [0.29, 0.717) is 19.3 Å². The number of rotatable bonds is 6. The first kappa shape index (κ1) is 20.1. The summed E-state index contributed by atoms with van der Waals surface area (Å²) in [5.41, 5.74) is 7.18. The maximum atomic E-state index is 6.02. The molecule has 0 amide bonds. The van der Waals surface area contributed by atoms with Crippen molar-refractivity contribution in [2.75, 3.05) is 33.1 Å². The van der Waals surface area contributed by atoms with Crippen molar-refractivity contribution in [2.45, 2.75) is 38.0 Å². The minimum atomic E-state index is -0.0592. The van der Waals surface area contributed by atoms with Crippen LogP contribution in [0.3, 0.4) is 0 Å². The molecule has 0 spiro atoms. The third-order valence-corrected chi connectivity index (χ3v) is 4.82. The number of guanidine groups is 1. The van der Waals surface area contributed by atoms with Gasteiger partial charge in [-0.15, -0.1) is 24.0 Å². The third-order valence-electron chi connectivity index (χ3n) is 4.82. The van der Waals surface area contributed by atoms with Crippen LogP contribution in [0.5, 0.6) is 11.5 Å². The molecule has 2 aliphatic heterocycles. The zero-order valence-corrected chi connectivity index (χ0v) is 17.1. The number of nitrogens with one attached hydrogen (secondary N) is 1. The van der Waals surface area contributed by atoms with Gasteiger partial charge in [-0.2, -0.15) is 0 Å². The average Bonchev–Trinajstić information content (AvgIpc) is 3.09. The van der Waals surface area contributed by atoms with Crippen LogP contribution in [-0.2, 0) is 10.2 Å². The van der Waals surface area contributed by atoms with Crippen molar-refractivity contribution in [2.24, 2.45) is 10.7 Å². The number of nitrogens with zero attached hydrogens (tertiary/aromatic N) is 1. The third kappa shape index (κ3) is 4.91. The zero-order valence-electron chi connectivity index (χ0n) is 14.8. The zero-order chi connectivity index (χ0) is 16.8. The van der Waals surface area contributed by atoms with Gasteiger partial charge in [0, 0.05) is 25.2 Å². The summed E-state index contributed by atoms with van der Waals surface area (Å²) in [6.45, 7) is 5.46. The van der Waals surface area contributed by atoms with Crippen molar-refractivity contribution in [3.05, 3.63) is 23.8 Å². The topological polar surface area (TPSA) is 78.1 Å². The molecule has 6 nitrogen and oxygen atoms in total. The van der Waals surface area contributed by atoms with Crippen LogP contribution in [0, 0.1) is 0 Å². The van der Waals surface area contributed by atoms with Gasteiger partial charge < -0.3 is 25.3 Å². The van der Waals surface area contributed by atoms with E-state index in [4.69, 9.17) is 19.9 Å². The lowest BCUT2D eigenvalue weighted by atomic mass is 9.74. The van der Waals surface area contributed by atoms with Crippen LogP contribution in [0.15, 0.2) is 23.2 Å². The molecule has 0 radical (unpaired) electrons. The number of halogens is 1. The van der Waals surface area contributed by atoms with Gasteiger partial charge in [-0.1, -0.05) is 19.4 Å². The molecule has 0 aromatic heterocycles. The highest BCUT2D eigenvalue weighted by molar-refractivity contribution is 14.0. The van der Waals surface area contributed by atoms with E-state index < -0.39 is 0 Å². The van der Waals surface area contributed by atoms with Gasteiger partial charge in [0.2, 0.25) is 6.79 Å². The minimum Gasteiger partial charge on any atom is -0.454 e. The summed E-state index contributed by atoms with van der Waals surface area (Å²) < 4.78 is 16.5. The van der Waals surface area contributed by atoms with Gasteiger partial charge in [-0.25, -0.2) is 0 Å². The Hall–Kier alpha value is -1.22. The first-order valence-electron chi connectivity index (χ1n) is 8.75. The van der Waals surface area contributed by atoms with Crippen LogP contribution in [0.1, 0.15) is 38.2 Å². The van der Waals surface area contributed by atoms with E-state index in [9.17, 15) is 0 Å². The van der Waals surface area contributed by atoms with Gasteiger partial charge in [0.25, 0.3) is 0 Å². The molecule has 3 N–H and O–H groups in total. The highest BCUT2D eigenvalue weighted by Crippen LogP contribution is 2.41. The molecule has 0 aliphatic carbocycles. The van der Waals surface area contributed by atoms with Crippen LogP contribution in [-0.4, -0.2) is 39.1 Å². The molecule has 25 heavy (non-hydrogen) atoms. The molecular formula is C18H28IN3O3. The number of benzene rings is 1. The van der Waals surface area contributed by atoms with Crippen molar-refractivity contribution in [1.29, 1.82) is 0 Å². The molecule has 0 atom stereocenters. The lowest BCUT2D eigenvalue weighted by Gasteiger charge is -2.36. The largest absolute Gasteiger partial charge is 0.454 e. The van der Waals surface area contributed by atoms with Crippen molar-refractivity contribution < 1.29 is 14.2 Å². The summed E-state index contributed by atoms with van der Waals surface area (Å²) in [5.74, 6) is 2.15. The van der Waals surface area contributed by atoms with Gasteiger partial charge in [-0.05, 0) is 37.0 Å². The molecule has 1 saturated heterocycles. The fourth-order valence-electron chi connectivity index (χ4n) is 3.21. The Morgan fingerprint density at radius 1 is 1.24 bits per heavy atom. The Labute approximate surface area is 166 Å². The average molecular weight is 461 g/mol. The number of fused-ring (bicyclic) bond motifs is 1.